The van der Waals surface area contributed by atoms with Crippen molar-refractivity contribution in [3.8, 4) is 11.5 Å². The Balaban J connectivity index is 1.37. The number of fused-ring (bicyclic) bond motifs is 1. The molecule has 1 aliphatic heterocycles. The van der Waals surface area contributed by atoms with Crippen molar-refractivity contribution in [2.45, 2.75) is 44.2 Å². The first-order chi connectivity index (χ1) is 13.6. The summed E-state index contributed by atoms with van der Waals surface area (Å²) in [5.41, 5.74) is 6.43. The van der Waals surface area contributed by atoms with Crippen molar-refractivity contribution < 1.29 is 14.3 Å². The zero-order valence-electron chi connectivity index (χ0n) is 15.7. The van der Waals surface area contributed by atoms with Gasteiger partial charge in [0.15, 0.2) is 0 Å². The fourth-order valence-electron chi connectivity index (χ4n) is 4.24. The van der Waals surface area contributed by atoms with Crippen LogP contribution in [0.15, 0.2) is 48.5 Å². The van der Waals surface area contributed by atoms with Gasteiger partial charge in [0.2, 0.25) is 5.91 Å². The summed E-state index contributed by atoms with van der Waals surface area (Å²) in [5, 5.41) is 6.48. The maximum absolute atomic E-state index is 12.6. The van der Waals surface area contributed by atoms with Crippen molar-refractivity contribution in [2.75, 3.05) is 5.32 Å². The number of rotatable bonds is 5. The van der Waals surface area contributed by atoms with Crippen LogP contribution in [-0.2, 0) is 4.79 Å². The van der Waals surface area contributed by atoms with Crippen LogP contribution in [0.25, 0.3) is 0 Å². The van der Waals surface area contributed by atoms with Gasteiger partial charge in [0.25, 0.3) is 5.91 Å². The summed E-state index contributed by atoms with van der Waals surface area (Å²) in [5.74, 6) is 1.08. The highest BCUT2D eigenvalue weighted by atomic mass is 16.5. The van der Waals surface area contributed by atoms with Crippen molar-refractivity contribution in [3.63, 3.8) is 0 Å². The zero-order chi connectivity index (χ0) is 19.5. The van der Waals surface area contributed by atoms with Gasteiger partial charge in [-0.2, -0.15) is 0 Å². The minimum Gasteiger partial charge on any atom is -0.457 e. The molecule has 3 unspecified atom stereocenters. The third-order valence-electron chi connectivity index (χ3n) is 5.68. The number of amides is 2. The third kappa shape index (κ3) is 4.02. The van der Waals surface area contributed by atoms with Gasteiger partial charge in [-0.05, 0) is 61.6 Å². The minimum absolute atomic E-state index is 0.0159. The van der Waals surface area contributed by atoms with E-state index < -0.39 is 5.91 Å². The third-order valence-corrected chi connectivity index (χ3v) is 5.68. The van der Waals surface area contributed by atoms with Gasteiger partial charge >= 0.3 is 0 Å². The summed E-state index contributed by atoms with van der Waals surface area (Å²) < 4.78 is 5.77. The van der Waals surface area contributed by atoms with Crippen LogP contribution in [0.2, 0.25) is 0 Å². The second-order valence-corrected chi connectivity index (χ2v) is 7.58. The zero-order valence-corrected chi connectivity index (χ0v) is 15.7. The topological polar surface area (TPSA) is 93.5 Å². The van der Waals surface area contributed by atoms with Crippen LogP contribution in [0, 0.1) is 5.92 Å². The molecular formula is C22H25N3O3. The predicted octanol–water partition coefficient (Wildman–Crippen LogP) is 3.44. The molecule has 6 nitrogen and oxygen atoms in total. The number of anilines is 1. The lowest BCUT2D eigenvalue weighted by molar-refractivity contribution is -0.117. The van der Waals surface area contributed by atoms with E-state index in [2.05, 4.69) is 10.6 Å². The normalized spacial score (nSPS) is 23.6. The van der Waals surface area contributed by atoms with Gasteiger partial charge in [-0.1, -0.05) is 25.0 Å². The van der Waals surface area contributed by atoms with Crippen LogP contribution in [0.3, 0.4) is 0 Å². The number of nitrogens with one attached hydrogen (secondary N) is 2. The molecule has 3 atom stereocenters. The number of primary amides is 1. The number of para-hydroxylation sites is 1. The first-order valence-electron chi connectivity index (χ1n) is 9.84. The molecule has 0 spiro atoms. The van der Waals surface area contributed by atoms with Crippen LogP contribution in [0.5, 0.6) is 11.5 Å². The Morgan fingerprint density at radius 1 is 1.04 bits per heavy atom. The van der Waals surface area contributed by atoms with E-state index in [0.717, 1.165) is 12.1 Å². The lowest BCUT2D eigenvalue weighted by atomic mass is 9.85. The average Bonchev–Trinajstić information content (AvgIpc) is 3.14. The second-order valence-electron chi connectivity index (χ2n) is 7.58. The molecule has 4 rings (SSSR count). The quantitative estimate of drug-likeness (QED) is 0.742. The maximum atomic E-state index is 12.6. The first-order valence-corrected chi connectivity index (χ1v) is 9.84. The molecule has 0 bridgehead atoms. The molecule has 1 heterocycles. The van der Waals surface area contributed by atoms with Crippen molar-refractivity contribution in [3.05, 3.63) is 54.1 Å². The molecular weight excluding hydrogens is 354 g/mol. The van der Waals surface area contributed by atoms with Crippen LogP contribution in [0.4, 0.5) is 5.69 Å². The van der Waals surface area contributed by atoms with Gasteiger partial charge in [-0.3, -0.25) is 9.59 Å². The highest BCUT2D eigenvalue weighted by Crippen LogP contribution is 2.33. The Morgan fingerprint density at radius 3 is 2.54 bits per heavy atom. The number of ether oxygens (including phenoxy) is 1. The Morgan fingerprint density at radius 2 is 1.79 bits per heavy atom. The summed E-state index contributed by atoms with van der Waals surface area (Å²) in [6, 6.07) is 14.3. The standard InChI is InChI=1S/C22H25N3O3/c23-21(26)17-6-2-4-8-20(17)28-16-11-9-15(10-12-16)24-22(27)19-13-14-5-1-3-7-18(14)25-19/h2,4,6,8-12,14,18-19,25H,1,3,5,7,13H2,(H2,23,26)(H,24,27). The lowest BCUT2D eigenvalue weighted by Crippen LogP contribution is -2.39. The SMILES string of the molecule is NC(=O)c1ccccc1Oc1ccc(NC(=O)C2CC3CCCCC3N2)cc1. The van der Waals surface area contributed by atoms with E-state index in [1.54, 1.807) is 48.5 Å². The summed E-state index contributed by atoms with van der Waals surface area (Å²) in [6.07, 6.45) is 5.84. The summed E-state index contributed by atoms with van der Waals surface area (Å²) in [6.45, 7) is 0. The molecule has 2 amide bonds. The molecule has 0 radical (unpaired) electrons. The molecule has 6 heteroatoms. The Bertz CT molecular complexity index is 852. The summed E-state index contributed by atoms with van der Waals surface area (Å²) >= 11 is 0. The summed E-state index contributed by atoms with van der Waals surface area (Å²) in [4.78, 5) is 24.1. The molecule has 2 aromatic carbocycles. The van der Waals surface area contributed by atoms with Crippen LogP contribution in [0.1, 0.15) is 42.5 Å². The van der Waals surface area contributed by atoms with E-state index in [9.17, 15) is 9.59 Å². The number of hydrogen-bond donors (Lipinski definition) is 3. The molecule has 1 aliphatic carbocycles. The van der Waals surface area contributed by atoms with Crippen LogP contribution < -0.4 is 21.1 Å². The average molecular weight is 379 g/mol. The second kappa shape index (κ2) is 8.02. The van der Waals surface area contributed by atoms with E-state index in [4.69, 9.17) is 10.5 Å². The Hall–Kier alpha value is -2.86. The lowest BCUT2D eigenvalue weighted by Gasteiger charge is -2.24. The van der Waals surface area contributed by atoms with Crippen molar-refractivity contribution in [1.29, 1.82) is 0 Å². The van der Waals surface area contributed by atoms with Crippen molar-refractivity contribution >= 4 is 17.5 Å². The molecule has 0 aromatic heterocycles. The molecule has 2 fully saturated rings. The monoisotopic (exact) mass is 379 g/mol. The van der Waals surface area contributed by atoms with E-state index in [1.807, 2.05) is 0 Å². The number of hydrogen-bond acceptors (Lipinski definition) is 4. The van der Waals surface area contributed by atoms with Crippen molar-refractivity contribution in [1.82, 2.24) is 5.32 Å². The van der Waals surface area contributed by atoms with Gasteiger partial charge in [0, 0.05) is 11.7 Å². The molecule has 146 valence electrons. The van der Waals surface area contributed by atoms with Gasteiger partial charge in [-0.15, -0.1) is 0 Å². The fourth-order valence-corrected chi connectivity index (χ4v) is 4.24. The van der Waals surface area contributed by atoms with Gasteiger partial charge in [-0.25, -0.2) is 0 Å². The molecule has 28 heavy (non-hydrogen) atoms. The molecule has 1 saturated carbocycles. The first kappa shape index (κ1) is 18.5. The van der Waals surface area contributed by atoms with Gasteiger partial charge in [0.05, 0.1) is 11.6 Å². The number of benzene rings is 2. The smallest absolute Gasteiger partial charge is 0.252 e. The highest BCUT2D eigenvalue weighted by Gasteiger charge is 2.38. The largest absolute Gasteiger partial charge is 0.457 e. The Kier molecular flexibility index (Phi) is 5.30. The summed E-state index contributed by atoms with van der Waals surface area (Å²) in [7, 11) is 0. The van der Waals surface area contributed by atoms with Gasteiger partial charge in [0.1, 0.15) is 11.5 Å². The van der Waals surface area contributed by atoms with E-state index in [-0.39, 0.29) is 11.9 Å². The van der Waals surface area contributed by atoms with Crippen molar-refractivity contribution in [2.24, 2.45) is 11.7 Å². The van der Waals surface area contributed by atoms with E-state index in [0.29, 0.717) is 29.0 Å². The predicted molar refractivity (Wildman–Crippen MR) is 107 cm³/mol. The van der Waals surface area contributed by atoms with Crippen LogP contribution >= 0.6 is 0 Å². The number of carbonyl (C=O) groups is 2. The van der Waals surface area contributed by atoms with Crippen LogP contribution in [-0.4, -0.2) is 23.9 Å². The maximum Gasteiger partial charge on any atom is 0.252 e. The molecule has 2 aromatic rings. The minimum atomic E-state index is -0.538. The van der Waals surface area contributed by atoms with E-state index >= 15 is 0 Å². The number of carbonyl (C=O) groups excluding carboxylic acids is 2. The molecule has 1 saturated heterocycles. The highest BCUT2D eigenvalue weighted by molar-refractivity contribution is 5.96. The fraction of sp³-hybridized carbons (Fsp3) is 0.364. The Labute approximate surface area is 164 Å². The van der Waals surface area contributed by atoms with E-state index in [1.165, 1.54) is 25.7 Å². The molecule has 2 aliphatic rings. The van der Waals surface area contributed by atoms with Gasteiger partial charge < -0.3 is 21.1 Å². The molecule has 4 N–H and O–H groups in total. The number of nitrogens with two attached hydrogens (primary N) is 1.